The molecule has 0 saturated carbocycles. The molecule has 0 fully saturated rings. The predicted octanol–water partition coefficient (Wildman–Crippen LogP) is 3.31. The summed E-state index contributed by atoms with van der Waals surface area (Å²) in [6.07, 6.45) is 6.65. The lowest BCUT2D eigenvalue weighted by atomic mass is 10.0. The monoisotopic (exact) mass is 303 g/mol. The van der Waals surface area contributed by atoms with E-state index in [1.807, 2.05) is 60.7 Å². The van der Waals surface area contributed by atoms with E-state index >= 15 is 0 Å². The third kappa shape index (κ3) is 5.34. The minimum Gasteiger partial charge on any atom is -0.384 e. The van der Waals surface area contributed by atoms with Gasteiger partial charge in [-0.05, 0) is 34.9 Å². The second-order valence-electron chi connectivity index (χ2n) is 4.79. The number of aliphatic hydroxyl groups excluding tert-OH is 1. The summed E-state index contributed by atoms with van der Waals surface area (Å²) in [6.45, 7) is 0. The Hall–Kier alpha value is -3.03. The number of pyridine rings is 2. The van der Waals surface area contributed by atoms with Crippen LogP contribution in [0.1, 0.15) is 22.8 Å². The van der Waals surface area contributed by atoms with Gasteiger partial charge in [0.05, 0.1) is 12.5 Å². The Labute approximate surface area is 135 Å². The maximum Gasteiger partial charge on any atom is 0.104 e. The molecule has 0 spiro atoms. The lowest BCUT2D eigenvalue weighted by Crippen LogP contribution is -1.98. The second-order valence-corrected chi connectivity index (χ2v) is 4.79. The van der Waals surface area contributed by atoms with Crippen LogP contribution < -0.4 is 0 Å². The fourth-order valence-corrected chi connectivity index (χ4v) is 1.97. The minimum atomic E-state index is -0.556. The normalized spacial score (nSPS) is 10.8. The second kappa shape index (κ2) is 9.08. The fraction of sp³-hybridized carbons (Fsp3) is 0.105. The average Bonchev–Trinajstić information content (AvgIpc) is 2.64. The fourth-order valence-electron chi connectivity index (χ4n) is 1.97. The average molecular weight is 303 g/mol. The van der Waals surface area contributed by atoms with Gasteiger partial charge in [0.25, 0.3) is 0 Å². The molecule has 23 heavy (non-hydrogen) atoms. The molecule has 4 heteroatoms. The van der Waals surface area contributed by atoms with Crippen LogP contribution in [0.15, 0.2) is 79.4 Å². The molecule has 0 bridgehead atoms. The maximum atomic E-state index is 9.96. The van der Waals surface area contributed by atoms with Crippen LogP contribution >= 0.6 is 0 Å². The summed E-state index contributed by atoms with van der Waals surface area (Å²) in [7, 11) is 0. The zero-order valence-electron chi connectivity index (χ0n) is 12.6. The van der Waals surface area contributed by atoms with Crippen molar-refractivity contribution in [3.8, 4) is 6.07 Å². The number of rotatable bonds is 3. The molecule has 0 radical (unpaired) electrons. The quantitative estimate of drug-likeness (QED) is 0.806. The molecular formula is C19H17N3O. The Morgan fingerprint density at radius 1 is 0.870 bits per heavy atom. The van der Waals surface area contributed by atoms with Crippen LogP contribution in [0.4, 0.5) is 0 Å². The molecule has 3 rings (SSSR count). The lowest BCUT2D eigenvalue weighted by molar-refractivity contribution is 0.220. The van der Waals surface area contributed by atoms with Gasteiger partial charge in [0.1, 0.15) is 6.10 Å². The minimum absolute atomic E-state index is 0.452. The molecule has 2 aromatic heterocycles. The zero-order valence-corrected chi connectivity index (χ0v) is 12.6. The highest BCUT2D eigenvalue weighted by atomic mass is 16.3. The summed E-state index contributed by atoms with van der Waals surface area (Å²) in [5, 5.41) is 18.2. The summed E-state index contributed by atoms with van der Waals surface area (Å²) >= 11 is 0. The Kier molecular flexibility index (Phi) is 6.45. The highest BCUT2D eigenvalue weighted by Crippen LogP contribution is 2.20. The van der Waals surface area contributed by atoms with Crippen molar-refractivity contribution in [1.82, 2.24) is 9.97 Å². The van der Waals surface area contributed by atoms with Crippen molar-refractivity contribution in [3.63, 3.8) is 0 Å². The standard InChI is InChI=1S/C12H11NO.C7H6N2/c14-12(10-4-2-1-3-5-10)11-6-8-13-9-7-11;8-4-3-7-2-1-5-9-6-7/h1-9,12,14H;1-2,5-6H,3H2. The van der Waals surface area contributed by atoms with Crippen molar-refractivity contribution >= 4 is 0 Å². The third-order valence-electron chi connectivity index (χ3n) is 3.14. The van der Waals surface area contributed by atoms with Crippen LogP contribution in [0.5, 0.6) is 0 Å². The van der Waals surface area contributed by atoms with Crippen molar-refractivity contribution in [2.24, 2.45) is 0 Å². The van der Waals surface area contributed by atoms with Gasteiger partial charge in [0.2, 0.25) is 0 Å². The molecule has 4 nitrogen and oxygen atoms in total. The first-order valence-electron chi connectivity index (χ1n) is 7.20. The summed E-state index contributed by atoms with van der Waals surface area (Å²) in [6, 6.07) is 19.0. The van der Waals surface area contributed by atoms with E-state index in [-0.39, 0.29) is 0 Å². The number of hydrogen-bond donors (Lipinski definition) is 1. The Morgan fingerprint density at radius 3 is 2.17 bits per heavy atom. The number of nitriles is 1. The number of hydrogen-bond acceptors (Lipinski definition) is 4. The Bertz CT molecular complexity index is 685. The topological polar surface area (TPSA) is 69.8 Å². The molecule has 0 amide bonds. The van der Waals surface area contributed by atoms with Gasteiger partial charge in [0.15, 0.2) is 0 Å². The van der Waals surface area contributed by atoms with Crippen molar-refractivity contribution in [2.45, 2.75) is 12.5 Å². The Balaban J connectivity index is 0.000000185. The van der Waals surface area contributed by atoms with E-state index < -0.39 is 6.10 Å². The highest BCUT2D eigenvalue weighted by molar-refractivity contribution is 5.27. The molecule has 0 aliphatic rings. The molecule has 0 aliphatic heterocycles. The van der Waals surface area contributed by atoms with E-state index in [1.165, 1.54) is 0 Å². The molecule has 114 valence electrons. The molecule has 2 heterocycles. The van der Waals surface area contributed by atoms with E-state index in [0.29, 0.717) is 6.42 Å². The molecule has 0 saturated heterocycles. The molecule has 1 aromatic carbocycles. The first-order chi connectivity index (χ1) is 11.3. The van der Waals surface area contributed by atoms with Crippen LogP contribution in [0.3, 0.4) is 0 Å². The molecular weight excluding hydrogens is 286 g/mol. The van der Waals surface area contributed by atoms with Gasteiger partial charge in [-0.2, -0.15) is 5.26 Å². The van der Waals surface area contributed by atoms with Gasteiger partial charge >= 0.3 is 0 Å². The van der Waals surface area contributed by atoms with Gasteiger partial charge in [-0.15, -0.1) is 0 Å². The maximum absolute atomic E-state index is 9.96. The zero-order chi connectivity index (χ0) is 16.3. The molecule has 3 aromatic rings. The Morgan fingerprint density at radius 2 is 1.57 bits per heavy atom. The number of benzene rings is 1. The van der Waals surface area contributed by atoms with Gasteiger partial charge in [-0.1, -0.05) is 36.4 Å². The molecule has 0 aliphatic carbocycles. The van der Waals surface area contributed by atoms with E-state index in [0.717, 1.165) is 16.7 Å². The third-order valence-corrected chi connectivity index (χ3v) is 3.14. The van der Waals surface area contributed by atoms with Crippen LogP contribution in [0.2, 0.25) is 0 Å². The van der Waals surface area contributed by atoms with Crippen molar-refractivity contribution in [1.29, 1.82) is 5.26 Å². The smallest absolute Gasteiger partial charge is 0.104 e. The van der Waals surface area contributed by atoms with Crippen molar-refractivity contribution < 1.29 is 5.11 Å². The van der Waals surface area contributed by atoms with Gasteiger partial charge in [0, 0.05) is 24.8 Å². The van der Waals surface area contributed by atoms with E-state index in [9.17, 15) is 5.11 Å². The van der Waals surface area contributed by atoms with E-state index in [4.69, 9.17) is 5.26 Å². The van der Waals surface area contributed by atoms with E-state index in [2.05, 4.69) is 9.97 Å². The van der Waals surface area contributed by atoms with Gasteiger partial charge < -0.3 is 5.11 Å². The molecule has 1 atom stereocenters. The number of aliphatic hydroxyl groups is 1. The highest BCUT2D eigenvalue weighted by Gasteiger charge is 2.08. The SMILES string of the molecule is N#CCc1cccnc1.OC(c1ccccc1)c1ccncc1. The lowest BCUT2D eigenvalue weighted by Gasteiger charge is -2.10. The number of aromatic nitrogens is 2. The largest absolute Gasteiger partial charge is 0.384 e. The first-order valence-corrected chi connectivity index (χ1v) is 7.20. The molecule has 1 N–H and O–H groups in total. The number of nitrogens with zero attached hydrogens (tertiary/aromatic N) is 3. The van der Waals surface area contributed by atoms with E-state index in [1.54, 1.807) is 24.8 Å². The summed E-state index contributed by atoms with van der Waals surface area (Å²) in [4.78, 5) is 7.76. The van der Waals surface area contributed by atoms with Crippen LogP contribution in [-0.2, 0) is 6.42 Å². The summed E-state index contributed by atoms with van der Waals surface area (Å²) in [5.41, 5.74) is 2.74. The summed E-state index contributed by atoms with van der Waals surface area (Å²) in [5.74, 6) is 0. The van der Waals surface area contributed by atoms with Crippen LogP contribution in [0, 0.1) is 11.3 Å². The van der Waals surface area contributed by atoms with Crippen LogP contribution in [0.25, 0.3) is 0 Å². The first kappa shape index (κ1) is 16.3. The van der Waals surface area contributed by atoms with Gasteiger partial charge in [-0.3, -0.25) is 9.97 Å². The predicted molar refractivity (Wildman–Crippen MR) is 88.3 cm³/mol. The van der Waals surface area contributed by atoms with Crippen LogP contribution in [-0.4, -0.2) is 15.1 Å². The van der Waals surface area contributed by atoms with Gasteiger partial charge in [-0.25, -0.2) is 0 Å². The van der Waals surface area contributed by atoms with Crippen molar-refractivity contribution in [3.05, 3.63) is 96.1 Å². The van der Waals surface area contributed by atoms with Crippen molar-refractivity contribution in [2.75, 3.05) is 0 Å². The molecule has 1 unspecified atom stereocenters. The summed E-state index contributed by atoms with van der Waals surface area (Å²) < 4.78 is 0.